The molecule has 0 saturated heterocycles. The van der Waals surface area contributed by atoms with Gasteiger partial charge >= 0.3 is 0 Å². The summed E-state index contributed by atoms with van der Waals surface area (Å²) in [5.41, 5.74) is 0.405. The van der Waals surface area contributed by atoms with Crippen LogP contribution in [0, 0.1) is 5.82 Å². The summed E-state index contributed by atoms with van der Waals surface area (Å²) in [6.45, 7) is 0.189. The largest absolute Gasteiger partial charge is 0.337 e. The molecule has 0 bridgehead atoms. The lowest BCUT2D eigenvalue weighted by atomic mass is 10.2. The molecule has 1 aromatic carbocycles. The van der Waals surface area contributed by atoms with Crippen LogP contribution in [0.3, 0.4) is 0 Å². The summed E-state index contributed by atoms with van der Waals surface area (Å²) in [7, 11) is 1.63. The summed E-state index contributed by atoms with van der Waals surface area (Å²) < 4.78 is 18.0. The van der Waals surface area contributed by atoms with Crippen molar-refractivity contribution in [3.05, 3.63) is 59.0 Å². The van der Waals surface area contributed by atoms with Crippen molar-refractivity contribution in [2.45, 2.75) is 6.54 Å². The van der Waals surface area contributed by atoms with Gasteiger partial charge in [0.05, 0.1) is 11.4 Å². The number of rotatable bonds is 4. The van der Waals surface area contributed by atoms with E-state index in [4.69, 9.17) is 4.52 Å². The van der Waals surface area contributed by atoms with Gasteiger partial charge in [-0.15, -0.1) is 11.3 Å². The maximum Gasteiger partial charge on any atom is 0.254 e. The summed E-state index contributed by atoms with van der Waals surface area (Å²) in [4.78, 5) is 18.8. The quantitative estimate of drug-likeness (QED) is 0.741. The van der Waals surface area contributed by atoms with Crippen molar-refractivity contribution in [1.82, 2.24) is 15.0 Å². The molecule has 22 heavy (non-hydrogen) atoms. The Bertz CT molecular complexity index is 768. The van der Waals surface area contributed by atoms with E-state index < -0.39 is 0 Å². The number of nitrogens with zero attached hydrogens (tertiary/aromatic N) is 3. The van der Waals surface area contributed by atoms with Crippen LogP contribution >= 0.6 is 11.3 Å². The van der Waals surface area contributed by atoms with Crippen molar-refractivity contribution in [2.24, 2.45) is 0 Å². The molecule has 0 unspecified atom stereocenters. The first-order chi connectivity index (χ1) is 10.6. The molecular formula is C15H12FN3O2S. The van der Waals surface area contributed by atoms with Crippen molar-refractivity contribution >= 4 is 17.2 Å². The predicted octanol–water partition coefficient (Wildman–Crippen LogP) is 3.21. The Kier molecular flexibility index (Phi) is 3.97. The van der Waals surface area contributed by atoms with E-state index in [1.807, 2.05) is 17.5 Å². The van der Waals surface area contributed by atoms with Gasteiger partial charge < -0.3 is 9.42 Å². The molecule has 1 amide bonds. The Balaban J connectivity index is 1.70. The Morgan fingerprint density at radius 1 is 1.32 bits per heavy atom. The lowest BCUT2D eigenvalue weighted by Crippen LogP contribution is -2.26. The number of benzene rings is 1. The minimum Gasteiger partial charge on any atom is -0.337 e. The first-order valence-electron chi connectivity index (χ1n) is 6.51. The van der Waals surface area contributed by atoms with Crippen LogP contribution < -0.4 is 0 Å². The van der Waals surface area contributed by atoms with Gasteiger partial charge in [0.2, 0.25) is 11.7 Å². The van der Waals surface area contributed by atoms with Gasteiger partial charge in [-0.1, -0.05) is 11.2 Å². The van der Waals surface area contributed by atoms with Crippen LogP contribution in [-0.4, -0.2) is 28.0 Å². The van der Waals surface area contributed by atoms with Crippen LogP contribution in [0.2, 0.25) is 0 Å². The molecule has 7 heteroatoms. The van der Waals surface area contributed by atoms with Crippen molar-refractivity contribution in [1.29, 1.82) is 0 Å². The molecule has 2 heterocycles. The highest BCUT2D eigenvalue weighted by Gasteiger charge is 2.16. The predicted molar refractivity (Wildman–Crippen MR) is 79.8 cm³/mol. The number of halogens is 1. The summed E-state index contributed by atoms with van der Waals surface area (Å²) >= 11 is 1.51. The van der Waals surface area contributed by atoms with Gasteiger partial charge in [0.25, 0.3) is 5.91 Å². The molecule has 0 radical (unpaired) electrons. The number of hydrogen-bond donors (Lipinski definition) is 0. The second-order valence-corrected chi connectivity index (χ2v) is 5.60. The van der Waals surface area contributed by atoms with Gasteiger partial charge in [-0.3, -0.25) is 4.79 Å². The average molecular weight is 317 g/mol. The number of hydrogen-bond acceptors (Lipinski definition) is 5. The highest BCUT2D eigenvalue weighted by Crippen LogP contribution is 2.21. The van der Waals surface area contributed by atoms with Crippen LogP contribution in [0.1, 0.15) is 16.2 Å². The molecule has 0 atom stereocenters. The lowest BCUT2D eigenvalue weighted by Gasteiger charge is -2.14. The first-order valence-corrected chi connectivity index (χ1v) is 7.39. The van der Waals surface area contributed by atoms with Gasteiger partial charge in [0, 0.05) is 12.6 Å². The normalized spacial score (nSPS) is 10.6. The fourth-order valence-corrected chi connectivity index (χ4v) is 2.56. The molecule has 0 aliphatic heterocycles. The SMILES string of the molecule is CN(Cc1nc(-c2cccs2)no1)C(=O)c1ccc(F)cc1. The minimum absolute atomic E-state index is 0.189. The van der Waals surface area contributed by atoms with E-state index in [1.54, 1.807) is 7.05 Å². The molecule has 0 spiro atoms. The third-order valence-corrected chi connectivity index (χ3v) is 3.89. The van der Waals surface area contributed by atoms with Crippen molar-refractivity contribution in [3.8, 4) is 10.7 Å². The Labute approximate surface area is 130 Å². The molecule has 0 aliphatic rings. The third kappa shape index (κ3) is 3.04. The van der Waals surface area contributed by atoms with E-state index in [9.17, 15) is 9.18 Å². The number of carbonyl (C=O) groups excluding carboxylic acids is 1. The Hall–Kier alpha value is -2.54. The molecule has 3 aromatic rings. The maximum atomic E-state index is 12.9. The topological polar surface area (TPSA) is 59.2 Å². The summed E-state index contributed by atoms with van der Waals surface area (Å²) in [6, 6.07) is 9.19. The Morgan fingerprint density at radius 2 is 2.09 bits per heavy atom. The molecule has 112 valence electrons. The zero-order valence-electron chi connectivity index (χ0n) is 11.7. The van der Waals surface area contributed by atoms with Crippen LogP contribution in [0.4, 0.5) is 4.39 Å². The van der Waals surface area contributed by atoms with E-state index in [2.05, 4.69) is 10.1 Å². The molecule has 2 aromatic heterocycles. The van der Waals surface area contributed by atoms with Gasteiger partial charge in [-0.2, -0.15) is 4.98 Å². The van der Waals surface area contributed by atoms with E-state index in [1.165, 1.54) is 40.5 Å². The van der Waals surface area contributed by atoms with Gasteiger partial charge in [-0.25, -0.2) is 4.39 Å². The number of aromatic nitrogens is 2. The molecule has 5 nitrogen and oxygen atoms in total. The Morgan fingerprint density at radius 3 is 2.77 bits per heavy atom. The van der Waals surface area contributed by atoms with E-state index in [0.29, 0.717) is 17.3 Å². The summed E-state index contributed by atoms with van der Waals surface area (Å²) in [6.07, 6.45) is 0. The molecule has 0 aliphatic carbocycles. The van der Waals surface area contributed by atoms with Crippen LogP contribution in [-0.2, 0) is 6.54 Å². The van der Waals surface area contributed by atoms with Crippen molar-refractivity contribution in [2.75, 3.05) is 7.05 Å². The van der Waals surface area contributed by atoms with Crippen LogP contribution in [0.15, 0.2) is 46.3 Å². The number of thiophene rings is 1. The molecular weight excluding hydrogens is 305 g/mol. The smallest absolute Gasteiger partial charge is 0.254 e. The molecule has 0 fully saturated rings. The van der Waals surface area contributed by atoms with Crippen LogP contribution in [0.5, 0.6) is 0 Å². The molecule has 0 N–H and O–H groups in total. The highest BCUT2D eigenvalue weighted by atomic mass is 32.1. The standard InChI is InChI=1S/C15H12FN3O2S/c1-19(15(20)10-4-6-11(16)7-5-10)9-13-17-14(18-21-13)12-3-2-8-22-12/h2-8H,9H2,1H3. The zero-order chi connectivity index (χ0) is 15.5. The highest BCUT2D eigenvalue weighted by molar-refractivity contribution is 7.13. The van der Waals surface area contributed by atoms with Gasteiger partial charge in [0.1, 0.15) is 5.82 Å². The number of carbonyl (C=O) groups is 1. The van der Waals surface area contributed by atoms with Crippen LogP contribution in [0.25, 0.3) is 10.7 Å². The van der Waals surface area contributed by atoms with Gasteiger partial charge in [0.15, 0.2) is 0 Å². The molecule has 0 saturated carbocycles. The fourth-order valence-electron chi connectivity index (χ4n) is 1.91. The third-order valence-electron chi connectivity index (χ3n) is 3.02. The molecule has 3 rings (SSSR count). The summed E-state index contributed by atoms with van der Waals surface area (Å²) in [5.74, 6) is 0.238. The maximum absolute atomic E-state index is 12.9. The second kappa shape index (κ2) is 6.07. The second-order valence-electron chi connectivity index (χ2n) is 4.66. The van der Waals surface area contributed by atoms with E-state index >= 15 is 0 Å². The zero-order valence-corrected chi connectivity index (χ0v) is 12.5. The monoisotopic (exact) mass is 317 g/mol. The van der Waals surface area contributed by atoms with E-state index in [-0.39, 0.29) is 18.3 Å². The average Bonchev–Trinajstić information content (AvgIpc) is 3.18. The fraction of sp³-hybridized carbons (Fsp3) is 0.133. The van der Waals surface area contributed by atoms with Crippen molar-refractivity contribution in [3.63, 3.8) is 0 Å². The number of amides is 1. The van der Waals surface area contributed by atoms with Crippen molar-refractivity contribution < 1.29 is 13.7 Å². The van der Waals surface area contributed by atoms with Gasteiger partial charge in [-0.05, 0) is 35.7 Å². The lowest BCUT2D eigenvalue weighted by molar-refractivity contribution is 0.0769. The minimum atomic E-state index is -0.378. The van der Waals surface area contributed by atoms with E-state index in [0.717, 1.165) is 4.88 Å². The first kappa shape index (κ1) is 14.4. The summed E-state index contributed by atoms with van der Waals surface area (Å²) in [5, 5.41) is 5.82.